The minimum atomic E-state index is -3.35. The summed E-state index contributed by atoms with van der Waals surface area (Å²) in [6.45, 7) is 3.89. The van der Waals surface area contributed by atoms with E-state index in [-0.39, 0.29) is 17.7 Å². The van der Waals surface area contributed by atoms with E-state index < -0.39 is 10.0 Å². The van der Waals surface area contributed by atoms with Gasteiger partial charge in [0.05, 0.1) is 11.8 Å². The van der Waals surface area contributed by atoms with Crippen LogP contribution >= 0.6 is 0 Å². The molecule has 7 heteroatoms. The lowest BCUT2D eigenvalue weighted by molar-refractivity contribution is -0.121. The van der Waals surface area contributed by atoms with Gasteiger partial charge >= 0.3 is 0 Å². The number of sulfonamides is 1. The summed E-state index contributed by atoms with van der Waals surface area (Å²) in [4.78, 5) is 14.8. The Hall–Kier alpha value is -2.22. The van der Waals surface area contributed by atoms with E-state index >= 15 is 0 Å². The smallest absolute Gasteiger partial charge is 0.241 e. The molecular weight excluding hydrogens is 374 g/mol. The number of carbonyl (C=O) groups excluding carboxylic acids is 1. The molecule has 1 fully saturated rings. The molecule has 1 atom stereocenters. The van der Waals surface area contributed by atoms with Gasteiger partial charge in [0.15, 0.2) is 0 Å². The first-order chi connectivity index (χ1) is 13.5. The van der Waals surface area contributed by atoms with Crippen LogP contribution in [-0.2, 0) is 20.6 Å². The van der Waals surface area contributed by atoms with E-state index in [9.17, 15) is 13.2 Å². The number of rotatable bonds is 7. The van der Waals surface area contributed by atoms with Crippen molar-refractivity contribution >= 4 is 21.6 Å². The second-order valence-electron chi connectivity index (χ2n) is 6.96. The highest BCUT2D eigenvalue weighted by atomic mass is 32.2. The second kappa shape index (κ2) is 9.32. The van der Waals surface area contributed by atoms with Crippen LogP contribution in [0.4, 0.5) is 5.69 Å². The predicted molar refractivity (Wildman–Crippen MR) is 111 cm³/mol. The van der Waals surface area contributed by atoms with Crippen LogP contribution in [0.1, 0.15) is 18.9 Å². The summed E-state index contributed by atoms with van der Waals surface area (Å²) in [6.07, 6.45) is 0.676. The monoisotopic (exact) mass is 401 g/mol. The third-order valence-corrected chi connectivity index (χ3v) is 6.88. The van der Waals surface area contributed by atoms with Gasteiger partial charge in [-0.1, -0.05) is 55.5 Å². The molecule has 1 unspecified atom stereocenters. The molecule has 2 aromatic carbocycles. The molecule has 1 saturated heterocycles. The number of hydrogen-bond donors (Lipinski definition) is 1. The van der Waals surface area contributed by atoms with Crippen molar-refractivity contribution in [2.24, 2.45) is 0 Å². The van der Waals surface area contributed by atoms with Gasteiger partial charge in [-0.2, -0.15) is 4.31 Å². The zero-order valence-corrected chi connectivity index (χ0v) is 16.9. The first-order valence-corrected chi connectivity index (χ1v) is 11.2. The fraction of sp³-hybridized carbons (Fsp3) is 0.381. The van der Waals surface area contributed by atoms with E-state index in [1.807, 2.05) is 67.6 Å². The van der Waals surface area contributed by atoms with Gasteiger partial charge in [-0.05, 0) is 24.1 Å². The summed E-state index contributed by atoms with van der Waals surface area (Å²) in [7, 11) is -3.35. The van der Waals surface area contributed by atoms with Crippen molar-refractivity contribution in [3.63, 3.8) is 0 Å². The quantitative estimate of drug-likeness (QED) is 0.774. The molecule has 150 valence electrons. The number of para-hydroxylation sites is 1. The highest BCUT2D eigenvalue weighted by Gasteiger charge is 2.32. The SMILES string of the molecule is CCC(C(=O)Nc1ccccc1)N1CCN(S(=O)(=O)Cc2ccccc2)CC1. The molecule has 0 spiro atoms. The molecule has 0 radical (unpaired) electrons. The standard InChI is InChI=1S/C21H27N3O3S/c1-2-20(21(25)22-19-11-7-4-8-12-19)23-13-15-24(16-14-23)28(26,27)17-18-9-5-3-6-10-18/h3-12,20H,2,13-17H2,1H3,(H,22,25). The maximum absolute atomic E-state index is 12.7. The van der Waals surface area contributed by atoms with E-state index in [1.54, 1.807) is 4.31 Å². The Bertz CT molecular complexity index is 864. The maximum atomic E-state index is 12.7. The number of hydrogen-bond acceptors (Lipinski definition) is 4. The van der Waals surface area contributed by atoms with Crippen molar-refractivity contribution in [1.29, 1.82) is 0 Å². The highest BCUT2D eigenvalue weighted by Crippen LogP contribution is 2.17. The van der Waals surface area contributed by atoms with Gasteiger partial charge in [-0.15, -0.1) is 0 Å². The zero-order valence-electron chi connectivity index (χ0n) is 16.1. The molecule has 3 rings (SSSR count). The Kier molecular flexibility index (Phi) is 6.83. The van der Waals surface area contributed by atoms with Crippen LogP contribution in [-0.4, -0.2) is 55.8 Å². The van der Waals surface area contributed by atoms with Crippen molar-refractivity contribution in [2.75, 3.05) is 31.5 Å². The molecule has 1 N–H and O–H groups in total. The number of anilines is 1. The molecule has 0 aliphatic carbocycles. The third-order valence-electron chi connectivity index (χ3n) is 5.03. The van der Waals surface area contributed by atoms with Crippen LogP contribution in [0, 0.1) is 0 Å². The van der Waals surface area contributed by atoms with Crippen molar-refractivity contribution in [3.8, 4) is 0 Å². The molecule has 1 heterocycles. The van der Waals surface area contributed by atoms with Crippen LogP contribution in [0.3, 0.4) is 0 Å². The van der Waals surface area contributed by atoms with Gasteiger partial charge in [0, 0.05) is 31.9 Å². The molecule has 0 aromatic heterocycles. The molecule has 2 aromatic rings. The molecule has 28 heavy (non-hydrogen) atoms. The maximum Gasteiger partial charge on any atom is 0.241 e. The average molecular weight is 402 g/mol. The molecule has 0 bridgehead atoms. The highest BCUT2D eigenvalue weighted by molar-refractivity contribution is 7.88. The second-order valence-corrected chi connectivity index (χ2v) is 8.93. The van der Waals surface area contributed by atoms with Gasteiger partial charge in [0.25, 0.3) is 0 Å². The van der Waals surface area contributed by atoms with E-state index in [0.717, 1.165) is 11.3 Å². The van der Waals surface area contributed by atoms with Crippen molar-refractivity contribution in [1.82, 2.24) is 9.21 Å². The summed E-state index contributed by atoms with van der Waals surface area (Å²) in [5.74, 6) is -0.0335. The Morgan fingerprint density at radius 3 is 2.11 bits per heavy atom. The number of amides is 1. The largest absolute Gasteiger partial charge is 0.325 e. The average Bonchev–Trinajstić information content (AvgIpc) is 2.70. The number of nitrogens with one attached hydrogen (secondary N) is 1. The molecule has 1 amide bonds. The van der Waals surface area contributed by atoms with E-state index in [4.69, 9.17) is 0 Å². The van der Waals surface area contributed by atoms with E-state index in [0.29, 0.717) is 32.6 Å². The fourth-order valence-corrected chi connectivity index (χ4v) is 5.04. The predicted octanol–water partition coefficient (Wildman–Crippen LogP) is 2.55. The van der Waals surface area contributed by atoms with Gasteiger partial charge in [-0.25, -0.2) is 8.42 Å². The normalized spacial score (nSPS) is 17.2. The molecule has 1 aliphatic rings. The lowest BCUT2D eigenvalue weighted by atomic mass is 10.1. The zero-order chi connectivity index (χ0) is 20.0. The fourth-order valence-electron chi connectivity index (χ4n) is 3.53. The summed E-state index contributed by atoms with van der Waals surface area (Å²) < 4.78 is 26.9. The van der Waals surface area contributed by atoms with Crippen LogP contribution < -0.4 is 5.32 Å². The Morgan fingerprint density at radius 2 is 1.54 bits per heavy atom. The number of nitrogens with zero attached hydrogens (tertiary/aromatic N) is 2. The Balaban J connectivity index is 1.58. The van der Waals surface area contributed by atoms with Gasteiger partial charge < -0.3 is 5.32 Å². The first kappa shape index (κ1) is 20.5. The lowest BCUT2D eigenvalue weighted by Crippen LogP contribution is -2.54. The molecule has 0 saturated carbocycles. The third kappa shape index (κ3) is 5.19. The van der Waals surface area contributed by atoms with Gasteiger partial charge in [-0.3, -0.25) is 9.69 Å². The number of carbonyl (C=O) groups is 1. The van der Waals surface area contributed by atoms with Crippen LogP contribution in [0.15, 0.2) is 60.7 Å². The molecule has 6 nitrogen and oxygen atoms in total. The lowest BCUT2D eigenvalue weighted by Gasteiger charge is -2.37. The van der Waals surface area contributed by atoms with Crippen molar-refractivity contribution in [2.45, 2.75) is 25.1 Å². The van der Waals surface area contributed by atoms with Gasteiger partial charge in [0.2, 0.25) is 15.9 Å². The summed E-state index contributed by atoms with van der Waals surface area (Å²) in [5.41, 5.74) is 1.56. The topological polar surface area (TPSA) is 69.7 Å². The summed E-state index contributed by atoms with van der Waals surface area (Å²) in [6, 6.07) is 18.3. The van der Waals surface area contributed by atoms with Gasteiger partial charge in [0.1, 0.15) is 0 Å². The summed E-state index contributed by atoms with van der Waals surface area (Å²) in [5, 5.41) is 2.95. The molecular formula is C21H27N3O3S. The minimum absolute atomic E-state index is 0.0134. The van der Waals surface area contributed by atoms with E-state index in [1.165, 1.54) is 0 Å². The van der Waals surface area contributed by atoms with Crippen molar-refractivity contribution < 1.29 is 13.2 Å². The Labute approximate surface area is 167 Å². The van der Waals surface area contributed by atoms with Crippen LogP contribution in [0.25, 0.3) is 0 Å². The number of benzene rings is 2. The summed E-state index contributed by atoms with van der Waals surface area (Å²) >= 11 is 0. The molecule has 1 aliphatic heterocycles. The minimum Gasteiger partial charge on any atom is -0.325 e. The first-order valence-electron chi connectivity index (χ1n) is 9.61. The van der Waals surface area contributed by atoms with Crippen LogP contribution in [0.5, 0.6) is 0 Å². The van der Waals surface area contributed by atoms with E-state index in [2.05, 4.69) is 10.2 Å². The number of piperazine rings is 1. The van der Waals surface area contributed by atoms with Crippen LogP contribution in [0.2, 0.25) is 0 Å². The Morgan fingerprint density at radius 1 is 0.964 bits per heavy atom. The van der Waals surface area contributed by atoms with Crippen molar-refractivity contribution in [3.05, 3.63) is 66.2 Å².